The first kappa shape index (κ1) is 14.5. The standard InChI is InChI=1S/C15H28N4/c1-11(2)13-6-5-12(3)9-14(13)16-8-7-15-17-10-19(4)18-15/h10-14,16H,5-9H2,1-4H3. The van der Waals surface area contributed by atoms with Gasteiger partial charge in [-0.1, -0.05) is 27.2 Å². The summed E-state index contributed by atoms with van der Waals surface area (Å²) in [6, 6.07) is 0.674. The van der Waals surface area contributed by atoms with Crippen LogP contribution in [0.1, 0.15) is 45.9 Å². The average molecular weight is 264 g/mol. The second-order valence-electron chi connectivity index (χ2n) is 6.47. The second-order valence-corrected chi connectivity index (χ2v) is 6.47. The molecule has 1 saturated carbocycles. The van der Waals surface area contributed by atoms with Crippen LogP contribution in [0.25, 0.3) is 0 Å². The van der Waals surface area contributed by atoms with Crippen LogP contribution in [0.5, 0.6) is 0 Å². The highest BCUT2D eigenvalue weighted by molar-refractivity contribution is 4.88. The van der Waals surface area contributed by atoms with E-state index >= 15 is 0 Å². The third-order valence-corrected chi connectivity index (χ3v) is 4.42. The molecule has 1 heterocycles. The molecule has 1 N–H and O–H groups in total. The van der Waals surface area contributed by atoms with E-state index in [9.17, 15) is 0 Å². The van der Waals surface area contributed by atoms with Gasteiger partial charge >= 0.3 is 0 Å². The second kappa shape index (κ2) is 6.51. The van der Waals surface area contributed by atoms with Crippen molar-refractivity contribution in [1.29, 1.82) is 0 Å². The molecular formula is C15H28N4. The van der Waals surface area contributed by atoms with Gasteiger partial charge < -0.3 is 5.32 Å². The van der Waals surface area contributed by atoms with Crippen molar-refractivity contribution in [3.8, 4) is 0 Å². The Labute approximate surface area is 117 Å². The highest BCUT2D eigenvalue weighted by atomic mass is 15.3. The highest BCUT2D eigenvalue weighted by Gasteiger charge is 2.30. The SMILES string of the molecule is CC1CCC(C(C)C)C(NCCc2ncn(C)n2)C1. The largest absolute Gasteiger partial charge is 0.313 e. The van der Waals surface area contributed by atoms with Crippen LogP contribution >= 0.6 is 0 Å². The van der Waals surface area contributed by atoms with Crippen LogP contribution < -0.4 is 5.32 Å². The fourth-order valence-corrected chi connectivity index (χ4v) is 3.30. The summed E-state index contributed by atoms with van der Waals surface area (Å²) in [5.41, 5.74) is 0. The average Bonchev–Trinajstić information content (AvgIpc) is 2.75. The van der Waals surface area contributed by atoms with E-state index in [0.29, 0.717) is 6.04 Å². The van der Waals surface area contributed by atoms with Gasteiger partial charge in [-0.3, -0.25) is 4.68 Å². The van der Waals surface area contributed by atoms with Crippen molar-refractivity contribution in [2.75, 3.05) is 6.54 Å². The van der Waals surface area contributed by atoms with Crippen molar-refractivity contribution in [1.82, 2.24) is 20.1 Å². The van der Waals surface area contributed by atoms with Crippen LogP contribution in [-0.2, 0) is 13.5 Å². The molecule has 2 rings (SSSR count). The van der Waals surface area contributed by atoms with Crippen molar-refractivity contribution in [2.24, 2.45) is 24.8 Å². The lowest BCUT2D eigenvalue weighted by atomic mass is 9.74. The van der Waals surface area contributed by atoms with E-state index in [4.69, 9.17) is 0 Å². The quantitative estimate of drug-likeness (QED) is 0.888. The summed E-state index contributed by atoms with van der Waals surface area (Å²) in [7, 11) is 1.92. The van der Waals surface area contributed by atoms with E-state index in [1.807, 2.05) is 7.05 Å². The van der Waals surface area contributed by atoms with E-state index < -0.39 is 0 Å². The van der Waals surface area contributed by atoms with Gasteiger partial charge in [0.15, 0.2) is 5.82 Å². The van der Waals surface area contributed by atoms with Crippen molar-refractivity contribution in [3.05, 3.63) is 12.2 Å². The Bertz CT molecular complexity index is 385. The maximum Gasteiger partial charge on any atom is 0.151 e. The number of hydrogen-bond acceptors (Lipinski definition) is 3. The number of rotatable bonds is 5. The molecule has 4 heteroatoms. The van der Waals surface area contributed by atoms with E-state index in [1.165, 1.54) is 19.3 Å². The van der Waals surface area contributed by atoms with E-state index in [2.05, 4.69) is 36.2 Å². The molecule has 0 spiro atoms. The molecule has 1 aliphatic rings. The normalized spacial score (nSPS) is 27.9. The van der Waals surface area contributed by atoms with Gasteiger partial charge in [-0.2, -0.15) is 5.10 Å². The summed E-state index contributed by atoms with van der Waals surface area (Å²) in [5, 5.41) is 8.08. The molecular weight excluding hydrogens is 236 g/mol. The zero-order valence-corrected chi connectivity index (χ0v) is 12.8. The van der Waals surface area contributed by atoms with Gasteiger partial charge in [0, 0.05) is 26.1 Å². The van der Waals surface area contributed by atoms with Crippen LogP contribution in [-0.4, -0.2) is 27.4 Å². The minimum atomic E-state index is 0.674. The first-order valence-corrected chi connectivity index (χ1v) is 7.64. The Kier molecular flexibility index (Phi) is 4.97. The van der Waals surface area contributed by atoms with Gasteiger partial charge in [0.05, 0.1) is 0 Å². The Balaban J connectivity index is 1.82. The van der Waals surface area contributed by atoms with Crippen molar-refractivity contribution in [2.45, 2.75) is 52.5 Å². The molecule has 1 aromatic heterocycles. The van der Waals surface area contributed by atoms with Crippen LogP contribution in [0.3, 0.4) is 0 Å². The summed E-state index contributed by atoms with van der Waals surface area (Å²) in [4.78, 5) is 4.28. The van der Waals surface area contributed by atoms with E-state index in [-0.39, 0.29) is 0 Å². The van der Waals surface area contributed by atoms with Crippen LogP contribution in [0.2, 0.25) is 0 Å². The topological polar surface area (TPSA) is 42.7 Å². The summed E-state index contributed by atoms with van der Waals surface area (Å²) in [6.45, 7) is 8.08. The molecule has 1 aliphatic carbocycles. The number of nitrogens with one attached hydrogen (secondary N) is 1. The van der Waals surface area contributed by atoms with Crippen molar-refractivity contribution < 1.29 is 0 Å². The Morgan fingerprint density at radius 1 is 1.42 bits per heavy atom. The third-order valence-electron chi connectivity index (χ3n) is 4.42. The Morgan fingerprint density at radius 3 is 2.84 bits per heavy atom. The molecule has 0 aliphatic heterocycles. The molecule has 0 aromatic carbocycles. The summed E-state index contributed by atoms with van der Waals surface area (Å²) in [5.74, 6) is 3.41. The highest BCUT2D eigenvalue weighted by Crippen LogP contribution is 2.33. The molecule has 0 bridgehead atoms. The molecule has 1 fully saturated rings. The Hall–Kier alpha value is -0.900. The lowest BCUT2D eigenvalue weighted by molar-refractivity contribution is 0.171. The van der Waals surface area contributed by atoms with Gasteiger partial charge in [0.2, 0.25) is 0 Å². The van der Waals surface area contributed by atoms with Crippen LogP contribution in [0.15, 0.2) is 6.33 Å². The zero-order valence-electron chi connectivity index (χ0n) is 12.8. The molecule has 0 radical (unpaired) electrons. The van der Waals surface area contributed by atoms with Crippen molar-refractivity contribution in [3.63, 3.8) is 0 Å². The number of nitrogens with zero attached hydrogens (tertiary/aromatic N) is 3. The van der Waals surface area contributed by atoms with Gasteiger partial charge in [0.1, 0.15) is 6.33 Å². The molecule has 108 valence electrons. The molecule has 1 aromatic rings. The van der Waals surface area contributed by atoms with Gasteiger partial charge in [0.25, 0.3) is 0 Å². The van der Waals surface area contributed by atoms with Crippen LogP contribution in [0, 0.1) is 17.8 Å². The third kappa shape index (κ3) is 4.03. The lowest BCUT2D eigenvalue weighted by Crippen LogP contribution is -2.43. The molecule has 3 unspecified atom stereocenters. The summed E-state index contributed by atoms with van der Waals surface area (Å²) >= 11 is 0. The fourth-order valence-electron chi connectivity index (χ4n) is 3.30. The minimum Gasteiger partial charge on any atom is -0.313 e. The number of aromatic nitrogens is 3. The summed E-state index contributed by atoms with van der Waals surface area (Å²) in [6.07, 6.45) is 6.78. The monoisotopic (exact) mass is 264 g/mol. The van der Waals surface area contributed by atoms with Gasteiger partial charge in [-0.25, -0.2) is 4.98 Å². The predicted molar refractivity (Wildman–Crippen MR) is 77.8 cm³/mol. The maximum atomic E-state index is 4.33. The van der Waals surface area contributed by atoms with E-state index in [1.54, 1.807) is 11.0 Å². The molecule has 0 amide bonds. The van der Waals surface area contributed by atoms with Crippen molar-refractivity contribution >= 4 is 0 Å². The number of aryl methyl sites for hydroxylation is 1. The number of hydrogen-bond donors (Lipinski definition) is 1. The first-order chi connectivity index (χ1) is 9.06. The minimum absolute atomic E-state index is 0.674. The first-order valence-electron chi connectivity index (χ1n) is 7.64. The lowest BCUT2D eigenvalue weighted by Gasteiger charge is -2.38. The Morgan fingerprint density at radius 2 is 2.21 bits per heavy atom. The fraction of sp³-hybridized carbons (Fsp3) is 0.867. The maximum absolute atomic E-state index is 4.33. The van der Waals surface area contributed by atoms with Gasteiger partial charge in [-0.15, -0.1) is 0 Å². The molecule has 0 saturated heterocycles. The van der Waals surface area contributed by atoms with Gasteiger partial charge in [-0.05, 0) is 30.6 Å². The predicted octanol–water partition coefficient (Wildman–Crippen LogP) is 2.41. The van der Waals surface area contributed by atoms with Crippen LogP contribution in [0.4, 0.5) is 0 Å². The summed E-state index contributed by atoms with van der Waals surface area (Å²) < 4.78 is 1.77. The molecule has 19 heavy (non-hydrogen) atoms. The molecule has 4 nitrogen and oxygen atoms in total. The van der Waals surface area contributed by atoms with E-state index in [0.717, 1.165) is 36.5 Å². The molecule has 3 atom stereocenters. The zero-order chi connectivity index (χ0) is 13.8. The smallest absolute Gasteiger partial charge is 0.151 e.